The lowest BCUT2D eigenvalue weighted by molar-refractivity contribution is 0.157. The van der Waals surface area contributed by atoms with Crippen LogP contribution in [0.15, 0.2) is 18.2 Å². The van der Waals surface area contributed by atoms with Gasteiger partial charge in [0.2, 0.25) is 5.75 Å². The molecule has 0 heterocycles. The Morgan fingerprint density at radius 2 is 1.67 bits per heavy atom. The fraction of sp³-hybridized carbons (Fsp3) is 0.684. The molecule has 0 radical (unpaired) electrons. The second-order valence-electron chi connectivity index (χ2n) is 6.42. The first-order valence-electron chi connectivity index (χ1n) is 9.65. The van der Waals surface area contributed by atoms with Gasteiger partial charge >= 0.3 is 7.82 Å². The van der Waals surface area contributed by atoms with Crippen LogP contribution in [-0.4, -0.2) is 40.0 Å². The summed E-state index contributed by atoms with van der Waals surface area (Å²) in [6.07, 6.45) is 7.49. The maximum absolute atomic E-state index is 13.0. The molecule has 0 saturated heterocycles. The molecule has 0 spiro atoms. The number of hydrogen-bond acceptors (Lipinski definition) is 7. The topological polar surface area (TPSA) is 75.3 Å². The van der Waals surface area contributed by atoms with Gasteiger partial charge in [-0.2, -0.15) is 0 Å². The summed E-state index contributed by atoms with van der Waals surface area (Å²) in [6.45, 7) is 2.76. The smallest absolute Gasteiger partial charge is 0.493 e. The van der Waals surface area contributed by atoms with Crippen LogP contribution in [0.25, 0.3) is 0 Å². The predicted octanol–water partition coefficient (Wildman–Crippen LogP) is 4.56. The molecule has 0 aliphatic heterocycles. The highest BCUT2D eigenvalue weighted by molar-refractivity contribution is 7.48. The number of phosphoric acid groups is 1. The van der Waals surface area contributed by atoms with Crippen molar-refractivity contribution in [1.29, 1.82) is 0 Å². The molecule has 1 atom stereocenters. The molecule has 1 N–H and O–H groups in total. The Hall–Kier alpha value is -1.27. The van der Waals surface area contributed by atoms with Crippen LogP contribution in [0.1, 0.15) is 45.4 Å². The Bertz CT molecular complexity index is 582. The minimum atomic E-state index is -3.80. The van der Waals surface area contributed by atoms with Gasteiger partial charge in [0.25, 0.3) is 0 Å². The molecule has 154 valence electrons. The summed E-state index contributed by atoms with van der Waals surface area (Å²) in [5.41, 5.74) is 0. The molecule has 1 aliphatic carbocycles. The fourth-order valence-corrected chi connectivity index (χ4v) is 4.39. The summed E-state index contributed by atoms with van der Waals surface area (Å²) in [6, 6.07) is 5.65. The van der Waals surface area contributed by atoms with E-state index in [1.54, 1.807) is 25.1 Å². The van der Waals surface area contributed by atoms with Gasteiger partial charge in [-0.25, -0.2) is 4.57 Å². The number of phosphoric ester groups is 1. The van der Waals surface area contributed by atoms with Crippen molar-refractivity contribution >= 4 is 7.82 Å². The summed E-state index contributed by atoms with van der Waals surface area (Å²) in [5, 5.41) is 3.48. The van der Waals surface area contributed by atoms with Crippen molar-refractivity contribution in [3.05, 3.63) is 18.2 Å². The van der Waals surface area contributed by atoms with Gasteiger partial charge < -0.3 is 19.3 Å². The highest BCUT2D eigenvalue weighted by Gasteiger charge is 2.31. The van der Waals surface area contributed by atoms with Crippen molar-refractivity contribution in [2.75, 3.05) is 34.0 Å². The van der Waals surface area contributed by atoms with Crippen LogP contribution in [0.3, 0.4) is 0 Å². The summed E-state index contributed by atoms with van der Waals surface area (Å²) in [4.78, 5) is 0. The van der Waals surface area contributed by atoms with E-state index >= 15 is 0 Å². The molecule has 2 rings (SSSR count). The Kier molecular flexibility index (Phi) is 9.42. The van der Waals surface area contributed by atoms with Crippen molar-refractivity contribution in [3.8, 4) is 17.2 Å². The average Bonchev–Trinajstić information content (AvgIpc) is 2.94. The Balaban J connectivity index is 1.95. The number of ether oxygens (including phenoxy) is 2. The molecule has 1 aromatic rings. The highest BCUT2D eigenvalue weighted by atomic mass is 31.2. The molecular formula is C19H32NO6P. The van der Waals surface area contributed by atoms with Crippen molar-refractivity contribution in [1.82, 2.24) is 5.32 Å². The van der Waals surface area contributed by atoms with Crippen LogP contribution in [0, 0.1) is 0 Å². The number of methoxy groups -OCH3 is 2. The first-order valence-corrected chi connectivity index (χ1v) is 11.1. The summed E-state index contributed by atoms with van der Waals surface area (Å²) < 4.78 is 40.1. The molecule has 1 fully saturated rings. The van der Waals surface area contributed by atoms with Gasteiger partial charge in [-0.1, -0.05) is 31.7 Å². The lowest BCUT2D eigenvalue weighted by atomic mass is 10.1. The summed E-state index contributed by atoms with van der Waals surface area (Å²) >= 11 is 0. The maximum Gasteiger partial charge on any atom is 0.530 e. The van der Waals surface area contributed by atoms with E-state index in [0.717, 1.165) is 0 Å². The summed E-state index contributed by atoms with van der Waals surface area (Å²) in [5.74, 6) is 1.000. The minimum absolute atomic E-state index is 0.199. The number of rotatable bonds is 11. The van der Waals surface area contributed by atoms with Gasteiger partial charge in [0.15, 0.2) is 11.5 Å². The lowest BCUT2D eigenvalue weighted by Gasteiger charge is -2.21. The van der Waals surface area contributed by atoms with E-state index in [0.29, 0.717) is 24.1 Å². The number of para-hydroxylation sites is 1. The molecule has 27 heavy (non-hydrogen) atoms. The Morgan fingerprint density at radius 1 is 1.04 bits per heavy atom. The maximum atomic E-state index is 13.0. The normalized spacial score (nSPS) is 17.7. The monoisotopic (exact) mass is 401 g/mol. The molecule has 1 aliphatic rings. The molecule has 0 aromatic heterocycles. The van der Waals surface area contributed by atoms with Crippen LogP contribution in [0.4, 0.5) is 0 Å². The summed E-state index contributed by atoms with van der Waals surface area (Å²) in [7, 11) is -0.790. The van der Waals surface area contributed by atoms with Crippen LogP contribution in [0.2, 0.25) is 0 Å². The van der Waals surface area contributed by atoms with E-state index in [1.807, 2.05) is 0 Å². The third-order valence-electron chi connectivity index (χ3n) is 4.51. The Morgan fingerprint density at radius 3 is 2.22 bits per heavy atom. The SMILES string of the molecule is CCOP(=O)(OCCNC1CCCCCC1)Oc1c(OC)cccc1OC. The van der Waals surface area contributed by atoms with Crippen molar-refractivity contribution in [2.45, 2.75) is 51.5 Å². The Labute approximate surface area is 162 Å². The first-order chi connectivity index (χ1) is 13.1. The van der Waals surface area contributed by atoms with Gasteiger partial charge in [0.1, 0.15) is 0 Å². The molecular weight excluding hydrogens is 369 g/mol. The van der Waals surface area contributed by atoms with Gasteiger partial charge in [0.05, 0.1) is 27.4 Å². The van der Waals surface area contributed by atoms with Gasteiger partial charge in [-0.15, -0.1) is 0 Å². The van der Waals surface area contributed by atoms with Gasteiger partial charge in [-0.3, -0.25) is 9.05 Å². The van der Waals surface area contributed by atoms with Gasteiger partial charge in [0, 0.05) is 12.6 Å². The van der Waals surface area contributed by atoms with Gasteiger partial charge in [-0.05, 0) is 31.9 Å². The van der Waals surface area contributed by atoms with Crippen molar-refractivity contribution in [2.24, 2.45) is 0 Å². The van der Waals surface area contributed by atoms with E-state index in [2.05, 4.69) is 5.32 Å². The second-order valence-corrected chi connectivity index (χ2v) is 8.02. The van der Waals surface area contributed by atoms with E-state index in [4.69, 9.17) is 23.0 Å². The molecule has 1 aromatic carbocycles. The number of nitrogens with one attached hydrogen (secondary N) is 1. The molecule has 8 heteroatoms. The zero-order valence-corrected chi connectivity index (χ0v) is 17.5. The lowest BCUT2D eigenvalue weighted by Crippen LogP contribution is -2.31. The van der Waals surface area contributed by atoms with Crippen LogP contribution < -0.4 is 19.3 Å². The van der Waals surface area contributed by atoms with Crippen LogP contribution >= 0.6 is 7.82 Å². The van der Waals surface area contributed by atoms with E-state index in [1.165, 1.54) is 52.7 Å². The third-order valence-corrected chi connectivity index (χ3v) is 5.99. The second kappa shape index (κ2) is 11.5. The molecule has 1 unspecified atom stereocenters. The van der Waals surface area contributed by atoms with Crippen molar-refractivity contribution < 1.29 is 27.6 Å². The van der Waals surface area contributed by atoms with Crippen molar-refractivity contribution in [3.63, 3.8) is 0 Å². The average molecular weight is 401 g/mol. The zero-order chi connectivity index (χ0) is 19.5. The molecule has 0 amide bonds. The minimum Gasteiger partial charge on any atom is -0.493 e. The fourth-order valence-electron chi connectivity index (χ4n) is 3.17. The predicted molar refractivity (Wildman–Crippen MR) is 105 cm³/mol. The quantitative estimate of drug-likeness (QED) is 0.331. The first kappa shape index (κ1) is 22.0. The standard InChI is InChI=1S/C19H32NO6P/c1-4-24-27(21,25-15-14-20-16-10-7-5-6-8-11-16)26-19-17(22-2)12-9-13-18(19)23-3/h9,12-13,16,20H,4-8,10-11,14-15H2,1-3H3. The third kappa shape index (κ3) is 7.00. The number of benzene rings is 1. The largest absolute Gasteiger partial charge is 0.530 e. The molecule has 0 bridgehead atoms. The van der Waals surface area contributed by atoms with Crippen LogP contribution in [0.5, 0.6) is 17.2 Å². The molecule has 7 nitrogen and oxygen atoms in total. The highest BCUT2D eigenvalue weighted by Crippen LogP contribution is 2.53. The van der Waals surface area contributed by atoms with Crippen LogP contribution in [-0.2, 0) is 13.6 Å². The van der Waals surface area contributed by atoms with E-state index in [-0.39, 0.29) is 19.0 Å². The molecule has 1 saturated carbocycles. The number of hydrogen-bond donors (Lipinski definition) is 1. The zero-order valence-electron chi connectivity index (χ0n) is 16.6. The van der Waals surface area contributed by atoms with E-state index < -0.39 is 7.82 Å². The van der Waals surface area contributed by atoms with E-state index in [9.17, 15) is 4.57 Å².